The standard InChI is InChI=1S/C7H7F.C7H8O/c2*1-6-3-2-4-7(8)5-6/h2-5H,1H3;2-5,8H,1H3. The van der Waals surface area contributed by atoms with Crippen LogP contribution in [0, 0.1) is 19.7 Å². The Balaban J connectivity index is 0.000000160. The van der Waals surface area contributed by atoms with Gasteiger partial charge in [-0.05, 0) is 49.2 Å². The normalized spacial score (nSPS) is 9.19. The smallest absolute Gasteiger partial charge is 0.123 e. The predicted octanol–water partition coefficient (Wildman–Crippen LogP) is 3.83. The average molecular weight is 218 g/mol. The van der Waals surface area contributed by atoms with Gasteiger partial charge in [0.2, 0.25) is 0 Å². The van der Waals surface area contributed by atoms with Gasteiger partial charge in [0.25, 0.3) is 0 Å². The number of halogens is 1. The van der Waals surface area contributed by atoms with Gasteiger partial charge in [0.05, 0.1) is 0 Å². The van der Waals surface area contributed by atoms with E-state index in [2.05, 4.69) is 0 Å². The van der Waals surface area contributed by atoms with Crippen LogP contribution in [0.5, 0.6) is 5.75 Å². The number of aromatic hydroxyl groups is 1. The zero-order valence-electron chi connectivity index (χ0n) is 9.44. The minimum absolute atomic E-state index is 0.162. The van der Waals surface area contributed by atoms with E-state index >= 15 is 0 Å². The number of phenolic OH excluding ortho intramolecular Hbond substituents is 1. The molecule has 2 rings (SSSR count). The van der Waals surface area contributed by atoms with Crippen molar-refractivity contribution in [3.63, 3.8) is 0 Å². The molecule has 0 aromatic heterocycles. The minimum Gasteiger partial charge on any atom is -0.508 e. The van der Waals surface area contributed by atoms with E-state index in [1.807, 2.05) is 32.0 Å². The molecule has 1 N–H and O–H groups in total. The van der Waals surface area contributed by atoms with Gasteiger partial charge in [0.1, 0.15) is 11.6 Å². The molecule has 0 heterocycles. The van der Waals surface area contributed by atoms with Crippen LogP contribution < -0.4 is 0 Å². The first-order valence-corrected chi connectivity index (χ1v) is 5.06. The molecule has 2 heteroatoms. The fourth-order valence-corrected chi connectivity index (χ4v) is 1.23. The lowest BCUT2D eigenvalue weighted by Crippen LogP contribution is -1.72. The van der Waals surface area contributed by atoms with Crippen molar-refractivity contribution >= 4 is 0 Å². The van der Waals surface area contributed by atoms with E-state index < -0.39 is 0 Å². The van der Waals surface area contributed by atoms with E-state index in [0.29, 0.717) is 5.75 Å². The third-order valence-corrected chi connectivity index (χ3v) is 1.98. The second kappa shape index (κ2) is 5.91. The molecular formula is C14H15FO. The maximum Gasteiger partial charge on any atom is 0.123 e. The highest BCUT2D eigenvalue weighted by atomic mass is 19.1. The van der Waals surface area contributed by atoms with Crippen LogP contribution >= 0.6 is 0 Å². The molecule has 0 unspecified atom stereocenters. The molecule has 0 aliphatic carbocycles. The summed E-state index contributed by atoms with van der Waals surface area (Å²) in [5.74, 6) is 0.176. The third-order valence-electron chi connectivity index (χ3n) is 1.98. The molecule has 0 amide bonds. The Hall–Kier alpha value is -1.83. The van der Waals surface area contributed by atoms with Gasteiger partial charge in [-0.2, -0.15) is 0 Å². The van der Waals surface area contributed by atoms with E-state index in [-0.39, 0.29) is 5.82 Å². The SMILES string of the molecule is Cc1cccc(F)c1.Cc1cccc(O)c1. The highest BCUT2D eigenvalue weighted by molar-refractivity contribution is 5.25. The molecule has 0 spiro atoms. The van der Waals surface area contributed by atoms with Crippen LogP contribution in [0.2, 0.25) is 0 Å². The van der Waals surface area contributed by atoms with Gasteiger partial charge in [-0.15, -0.1) is 0 Å². The van der Waals surface area contributed by atoms with Gasteiger partial charge in [-0.3, -0.25) is 0 Å². The summed E-state index contributed by atoms with van der Waals surface area (Å²) >= 11 is 0. The molecule has 0 aliphatic heterocycles. The summed E-state index contributed by atoms with van der Waals surface area (Å²) in [5.41, 5.74) is 2.05. The Labute approximate surface area is 95.2 Å². The van der Waals surface area contributed by atoms with Crippen LogP contribution in [-0.4, -0.2) is 5.11 Å². The molecule has 1 nitrogen and oxygen atoms in total. The van der Waals surface area contributed by atoms with Crippen molar-refractivity contribution in [2.75, 3.05) is 0 Å². The van der Waals surface area contributed by atoms with Gasteiger partial charge in [0, 0.05) is 0 Å². The molecule has 16 heavy (non-hydrogen) atoms. The predicted molar refractivity (Wildman–Crippen MR) is 64.0 cm³/mol. The number of hydrogen-bond donors (Lipinski definition) is 1. The van der Waals surface area contributed by atoms with E-state index in [1.165, 1.54) is 12.1 Å². The zero-order valence-corrected chi connectivity index (χ0v) is 9.44. The molecule has 2 aromatic carbocycles. The summed E-state index contributed by atoms with van der Waals surface area (Å²) < 4.78 is 12.2. The number of hydrogen-bond acceptors (Lipinski definition) is 1. The highest BCUT2D eigenvalue weighted by Crippen LogP contribution is 2.08. The second-order valence-corrected chi connectivity index (χ2v) is 3.64. The molecular weight excluding hydrogens is 203 g/mol. The molecule has 0 radical (unpaired) electrons. The van der Waals surface area contributed by atoms with Crippen LogP contribution in [0.4, 0.5) is 4.39 Å². The minimum atomic E-state index is -0.162. The molecule has 2 aromatic rings. The van der Waals surface area contributed by atoms with Crippen LogP contribution in [0.3, 0.4) is 0 Å². The van der Waals surface area contributed by atoms with Crippen molar-refractivity contribution in [2.24, 2.45) is 0 Å². The summed E-state index contributed by atoms with van der Waals surface area (Å²) in [7, 11) is 0. The fourth-order valence-electron chi connectivity index (χ4n) is 1.23. The zero-order chi connectivity index (χ0) is 12.0. The largest absolute Gasteiger partial charge is 0.508 e. The quantitative estimate of drug-likeness (QED) is 0.712. The number of rotatable bonds is 0. The summed E-state index contributed by atoms with van der Waals surface area (Å²) in [6, 6.07) is 13.7. The van der Waals surface area contributed by atoms with Gasteiger partial charge in [-0.1, -0.05) is 24.3 Å². The second-order valence-electron chi connectivity index (χ2n) is 3.64. The van der Waals surface area contributed by atoms with Crippen molar-refractivity contribution in [2.45, 2.75) is 13.8 Å². The number of benzene rings is 2. The average Bonchev–Trinajstić information content (AvgIpc) is 2.17. The van der Waals surface area contributed by atoms with E-state index in [1.54, 1.807) is 18.2 Å². The van der Waals surface area contributed by atoms with Crippen LogP contribution in [0.1, 0.15) is 11.1 Å². The monoisotopic (exact) mass is 218 g/mol. The number of aryl methyl sites for hydroxylation is 2. The van der Waals surface area contributed by atoms with E-state index in [4.69, 9.17) is 5.11 Å². The molecule has 0 aliphatic rings. The van der Waals surface area contributed by atoms with E-state index in [9.17, 15) is 4.39 Å². The summed E-state index contributed by atoms with van der Waals surface area (Å²) in [4.78, 5) is 0. The first kappa shape index (κ1) is 12.2. The Morgan fingerprint density at radius 3 is 1.75 bits per heavy atom. The Bertz CT molecular complexity index is 374. The lowest BCUT2D eigenvalue weighted by molar-refractivity contribution is 0.475. The lowest BCUT2D eigenvalue weighted by Gasteiger charge is -1.89. The van der Waals surface area contributed by atoms with Crippen molar-refractivity contribution in [3.8, 4) is 5.75 Å². The van der Waals surface area contributed by atoms with E-state index in [0.717, 1.165) is 11.1 Å². The van der Waals surface area contributed by atoms with Crippen LogP contribution in [0.15, 0.2) is 48.5 Å². The van der Waals surface area contributed by atoms with Gasteiger partial charge in [0.15, 0.2) is 0 Å². The highest BCUT2D eigenvalue weighted by Gasteiger charge is 1.84. The van der Waals surface area contributed by atoms with Gasteiger partial charge < -0.3 is 5.11 Å². The van der Waals surface area contributed by atoms with Gasteiger partial charge in [-0.25, -0.2) is 4.39 Å². The maximum absolute atomic E-state index is 12.2. The molecule has 0 saturated heterocycles. The Morgan fingerprint density at radius 1 is 0.875 bits per heavy atom. The Kier molecular flexibility index (Phi) is 4.52. The van der Waals surface area contributed by atoms with Crippen LogP contribution in [-0.2, 0) is 0 Å². The van der Waals surface area contributed by atoms with Crippen molar-refractivity contribution in [1.29, 1.82) is 0 Å². The fraction of sp³-hybridized carbons (Fsp3) is 0.143. The van der Waals surface area contributed by atoms with Crippen molar-refractivity contribution in [3.05, 3.63) is 65.5 Å². The maximum atomic E-state index is 12.2. The van der Waals surface area contributed by atoms with Crippen molar-refractivity contribution in [1.82, 2.24) is 0 Å². The van der Waals surface area contributed by atoms with Crippen LogP contribution in [0.25, 0.3) is 0 Å². The first-order chi connectivity index (χ1) is 7.58. The first-order valence-electron chi connectivity index (χ1n) is 5.06. The summed E-state index contributed by atoms with van der Waals surface area (Å²) in [6.45, 7) is 3.81. The van der Waals surface area contributed by atoms with Crippen molar-refractivity contribution < 1.29 is 9.50 Å². The Morgan fingerprint density at radius 2 is 1.44 bits per heavy atom. The number of phenols is 1. The molecule has 0 fully saturated rings. The molecule has 84 valence electrons. The lowest BCUT2D eigenvalue weighted by atomic mass is 10.2. The molecule has 0 bridgehead atoms. The summed E-state index contributed by atoms with van der Waals surface area (Å²) in [5, 5.41) is 8.81. The summed E-state index contributed by atoms with van der Waals surface area (Å²) in [6.07, 6.45) is 0. The topological polar surface area (TPSA) is 20.2 Å². The van der Waals surface area contributed by atoms with Gasteiger partial charge >= 0.3 is 0 Å². The third kappa shape index (κ3) is 4.60. The molecule has 0 atom stereocenters. The molecule has 0 saturated carbocycles.